The third-order valence-electron chi connectivity index (χ3n) is 4.92. The third-order valence-corrected chi connectivity index (χ3v) is 4.92. The zero-order valence-corrected chi connectivity index (χ0v) is 12.9. The van der Waals surface area contributed by atoms with Crippen molar-refractivity contribution in [1.29, 1.82) is 0 Å². The molecule has 0 spiro atoms. The van der Waals surface area contributed by atoms with Crippen molar-refractivity contribution >= 4 is 11.9 Å². The summed E-state index contributed by atoms with van der Waals surface area (Å²) in [4.78, 5) is 27.7. The Morgan fingerprint density at radius 1 is 1.19 bits per heavy atom. The van der Waals surface area contributed by atoms with Gasteiger partial charge in [0, 0.05) is 33.2 Å². The summed E-state index contributed by atoms with van der Waals surface area (Å²) in [5.74, 6) is -0.751. The van der Waals surface area contributed by atoms with Crippen LogP contribution in [0.5, 0.6) is 0 Å². The quantitative estimate of drug-likeness (QED) is 0.774. The van der Waals surface area contributed by atoms with E-state index in [0.29, 0.717) is 6.54 Å². The van der Waals surface area contributed by atoms with Crippen LogP contribution in [0.25, 0.3) is 0 Å². The minimum Gasteiger partial charge on any atom is -0.481 e. The second-order valence-electron chi connectivity index (χ2n) is 6.33. The fourth-order valence-corrected chi connectivity index (χ4v) is 3.55. The molecule has 2 N–H and O–H groups in total. The van der Waals surface area contributed by atoms with Crippen molar-refractivity contribution in [3.8, 4) is 0 Å². The second-order valence-corrected chi connectivity index (χ2v) is 6.33. The Balaban J connectivity index is 2.00. The molecule has 21 heavy (non-hydrogen) atoms. The molecule has 1 heterocycles. The van der Waals surface area contributed by atoms with Crippen molar-refractivity contribution in [3.05, 3.63) is 0 Å². The second kappa shape index (κ2) is 7.22. The van der Waals surface area contributed by atoms with E-state index in [2.05, 4.69) is 10.2 Å². The van der Waals surface area contributed by atoms with Gasteiger partial charge < -0.3 is 15.3 Å². The topological polar surface area (TPSA) is 72.9 Å². The van der Waals surface area contributed by atoms with E-state index in [1.54, 1.807) is 11.9 Å². The maximum Gasteiger partial charge on any atom is 0.305 e. The number of hydrogen-bond acceptors (Lipinski definition) is 4. The molecule has 0 bridgehead atoms. The predicted octanol–water partition coefficient (Wildman–Crippen LogP) is 0.528. The van der Waals surface area contributed by atoms with Gasteiger partial charge in [-0.3, -0.25) is 14.5 Å². The Hall–Kier alpha value is -1.14. The molecule has 6 nitrogen and oxygen atoms in total. The first-order chi connectivity index (χ1) is 10.0. The fourth-order valence-electron chi connectivity index (χ4n) is 3.55. The number of hydrogen-bond donors (Lipinski definition) is 2. The van der Waals surface area contributed by atoms with Crippen LogP contribution in [0.1, 0.15) is 38.5 Å². The monoisotopic (exact) mass is 297 g/mol. The number of amides is 1. The zero-order chi connectivity index (χ0) is 15.3. The van der Waals surface area contributed by atoms with Gasteiger partial charge in [0.15, 0.2) is 0 Å². The number of piperazine rings is 1. The molecule has 2 rings (SSSR count). The van der Waals surface area contributed by atoms with Gasteiger partial charge >= 0.3 is 5.97 Å². The Morgan fingerprint density at radius 2 is 1.81 bits per heavy atom. The first-order valence-corrected chi connectivity index (χ1v) is 7.95. The van der Waals surface area contributed by atoms with Gasteiger partial charge in [-0.15, -0.1) is 0 Å². The Labute approximate surface area is 126 Å². The number of nitrogens with one attached hydrogen (secondary N) is 1. The van der Waals surface area contributed by atoms with Crippen LogP contribution in [0.2, 0.25) is 0 Å². The SMILES string of the molecule is CN(C(=O)CN1CCNCC1)C1(CC(=O)O)CCCCC1. The summed E-state index contributed by atoms with van der Waals surface area (Å²) >= 11 is 0. The van der Waals surface area contributed by atoms with E-state index >= 15 is 0 Å². The lowest BCUT2D eigenvalue weighted by Crippen LogP contribution is -2.55. The van der Waals surface area contributed by atoms with E-state index in [1.165, 1.54) is 0 Å². The summed E-state index contributed by atoms with van der Waals surface area (Å²) in [6, 6.07) is 0. The first kappa shape index (κ1) is 16.2. The normalized spacial score (nSPS) is 22.7. The van der Waals surface area contributed by atoms with Crippen LogP contribution in [-0.2, 0) is 9.59 Å². The van der Waals surface area contributed by atoms with Crippen LogP contribution in [0.15, 0.2) is 0 Å². The molecule has 0 unspecified atom stereocenters. The van der Waals surface area contributed by atoms with Gasteiger partial charge in [-0.25, -0.2) is 0 Å². The number of likely N-dealkylation sites (N-methyl/N-ethyl adjacent to an activating group) is 1. The van der Waals surface area contributed by atoms with E-state index in [9.17, 15) is 14.7 Å². The molecule has 0 aromatic heterocycles. The Bertz CT molecular complexity index is 374. The maximum atomic E-state index is 12.6. The lowest BCUT2D eigenvalue weighted by molar-refractivity contribution is -0.146. The molecule has 0 aromatic carbocycles. The van der Waals surface area contributed by atoms with Gasteiger partial charge in [0.05, 0.1) is 18.5 Å². The zero-order valence-electron chi connectivity index (χ0n) is 12.9. The summed E-state index contributed by atoms with van der Waals surface area (Å²) in [5, 5.41) is 12.5. The molecule has 0 radical (unpaired) electrons. The Kier molecular flexibility index (Phi) is 5.58. The smallest absolute Gasteiger partial charge is 0.305 e. The van der Waals surface area contributed by atoms with Gasteiger partial charge in [0.1, 0.15) is 0 Å². The van der Waals surface area contributed by atoms with Crippen LogP contribution < -0.4 is 5.32 Å². The summed E-state index contributed by atoms with van der Waals surface area (Å²) in [6.07, 6.45) is 4.85. The molecule has 1 aliphatic heterocycles. The largest absolute Gasteiger partial charge is 0.481 e. The number of rotatable bonds is 5. The average molecular weight is 297 g/mol. The summed E-state index contributed by atoms with van der Waals surface area (Å²) in [7, 11) is 1.79. The number of carbonyl (C=O) groups excluding carboxylic acids is 1. The molecule has 0 aromatic rings. The van der Waals surface area contributed by atoms with Crippen molar-refractivity contribution in [2.75, 3.05) is 39.8 Å². The predicted molar refractivity (Wildman–Crippen MR) is 80.1 cm³/mol. The van der Waals surface area contributed by atoms with Crippen molar-refractivity contribution in [1.82, 2.24) is 15.1 Å². The van der Waals surface area contributed by atoms with Crippen LogP contribution in [0.4, 0.5) is 0 Å². The van der Waals surface area contributed by atoms with E-state index in [1.807, 2.05) is 0 Å². The number of carboxylic acid groups (broad SMARTS) is 1. The van der Waals surface area contributed by atoms with E-state index in [0.717, 1.165) is 58.3 Å². The molecule has 1 aliphatic carbocycles. The molecular formula is C15H27N3O3. The van der Waals surface area contributed by atoms with Crippen molar-refractivity contribution in [2.45, 2.75) is 44.1 Å². The molecule has 120 valence electrons. The summed E-state index contributed by atoms with van der Waals surface area (Å²) < 4.78 is 0. The summed E-state index contributed by atoms with van der Waals surface area (Å²) in [5.41, 5.74) is -0.477. The molecule has 1 saturated heterocycles. The molecule has 2 aliphatic rings. The van der Waals surface area contributed by atoms with Crippen molar-refractivity contribution in [3.63, 3.8) is 0 Å². The van der Waals surface area contributed by atoms with Gasteiger partial charge in [0.2, 0.25) is 5.91 Å². The summed E-state index contributed by atoms with van der Waals surface area (Å²) in [6.45, 7) is 3.99. The van der Waals surface area contributed by atoms with Crippen LogP contribution >= 0.6 is 0 Å². The first-order valence-electron chi connectivity index (χ1n) is 7.95. The lowest BCUT2D eigenvalue weighted by atomic mass is 9.78. The number of nitrogens with zero attached hydrogens (tertiary/aromatic N) is 2. The standard InChI is InChI=1S/C15H27N3O3/c1-17(13(19)12-18-9-7-16-8-10-18)15(11-14(20)21)5-3-2-4-6-15/h16H,2-12H2,1H3,(H,20,21). The number of carbonyl (C=O) groups is 2. The minimum atomic E-state index is -0.807. The van der Waals surface area contributed by atoms with Gasteiger partial charge in [-0.05, 0) is 12.8 Å². The van der Waals surface area contributed by atoms with Gasteiger partial charge in [-0.1, -0.05) is 19.3 Å². The highest BCUT2D eigenvalue weighted by Gasteiger charge is 2.40. The minimum absolute atomic E-state index is 0.0556. The van der Waals surface area contributed by atoms with Crippen LogP contribution in [0.3, 0.4) is 0 Å². The Morgan fingerprint density at radius 3 is 2.38 bits per heavy atom. The molecule has 0 atom stereocenters. The average Bonchev–Trinajstić information content (AvgIpc) is 2.47. The maximum absolute atomic E-state index is 12.6. The van der Waals surface area contributed by atoms with E-state index < -0.39 is 11.5 Å². The molecular weight excluding hydrogens is 270 g/mol. The van der Waals surface area contributed by atoms with Crippen LogP contribution in [-0.4, -0.2) is 72.1 Å². The molecule has 6 heteroatoms. The highest BCUT2D eigenvalue weighted by molar-refractivity contribution is 5.80. The third kappa shape index (κ3) is 4.17. The lowest BCUT2D eigenvalue weighted by Gasteiger charge is -2.44. The highest BCUT2D eigenvalue weighted by atomic mass is 16.4. The van der Waals surface area contributed by atoms with E-state index in [4.69, 9.17) is 0 Å². The van der Waals surface area contributed by atoms with Crippen molar-refractivity contribution in [2.24, 2.45) is 0 Å². The number of aliphatic carboxylic acids is 1. The van der Waals surface area contributed by atoms with Gasteiger partial charge in [-0.2, -0.15) is 0 Å². The molecule has 2 fully saturated rings. The fraction of sp³-hybridized carbons (Fsp3) is 0.867. The van der Waals surface area contributed by atoms with Crippen LogP contribution in [0, 0.1) is 0 Å². The number of carboxylic acids is 1. The van der Waals surface area contributed by atoms with Gasteiger partial charge in [0.25, 0.3) is 0 Å². The van der Waals surface area contributed by atoms with E-state index in [-0.39, 0.29) is 12.3 Å². The highest BCUT2D eigenvalue weighted by Crippen LogP contribution is 2.36. The molecule has 1 amide bonds. The van der Waals surface area contributed by atoms with Crippen molar-refractivity contribution < 1.29 is 14.7 Å². The molecule has 1 saturated carbocycles.